The largest absolute Gasteiger partial charge is 0.370 e. The predicted molar refractivity (Wildman–Crippen MR) is 93.2 cm³/mol. The molecule has 1 aliphatic rings. The predicted octanol–water partition coefficient (Wildman–Crippen LogP) is 3.29. The van der Waals surface area contributed by atoms with Gasteiger partial charge in [0.2, 0.25) is 0 Å². The molecule has 0 bridgehead atoms. The number of rotatable bonds is 4. The first-order valence-corrected chi connectivity index (χ1v) is 8.44. The van der Waals surface area contributed by atoms with Gasteiger partial charge < -0.3 is 15.6 Å². The molecule has 3 N–H and O–H groups in total. The molecule has 0 aliphatic carbocycles. The van der Waals surface area contributed by atoms with E-state index in [1.807, 2.05) is 0 Å². The average molecular weight is 298 g/mol. The van der Waals surface area contributed by atoms with Crippen LogP contribution < -0.4 is 5.73 Å². The molecule has 1 aliphatic heterocycles. The molecule has 4 nitrogen and oxygen atoms in total. The number of nitrogens with zero attached hydrogens (tertiary/aromatic N) is 2. The van der Waals surface area contributed by atoms with Crippen molar-refractivity contribution in [3.63, 3.8) is 0 Å². The van der Waals surface area contributed by atoms with Gasteiger partial charge >= 0.3 is 0 Å². The Labute approximate surface area is 132 Å². The van der Waals surface area contributed by atoms with Crippen molar-refractivity contribution in [3.8, 4) is 0 Å². The van der Waals surface area contributed by atoms with Crippen LogP contribution >= 0.6 is 0 Å². The Morgan fingerprint density at radius 1 is 1.14 bits per heavy atom. The maximum atomic E-state index is 6.14. The minimum absolute atomic E-state index is 0.737. The Bertz CT molecular complexity index is 621. The fraction of sp³-hybridized carbons (Fsp3) is 0.500. The van der Waals surface area contributed by atoms with Crippen LogP contribution in [0.15, 0.2) is 35.5 Å². The monoisotopic (exact) mass is 298 g/mol. The second-order valence-electron chi connectivity index (χ2n) is 6.10. The zero-order valence-corrected chi connectivity index (χ0v) is 13.2. The summed E-state index contributed by atoms with van der Waals surface area (Å²) >= 11 is 0. The van der Waals surface area contributed by atoms with Gasteiger partial charge in [0, 0.05) is 36.7 Å². The lowest BCUT2D eigenvalue weighted by molar-refractivity contribution is 0.428. The van der Waals surface area contributed by atoms with Crippen molar-refractivity contribution in [2.24, 2.45) is 10.7 Å². The van der Waals surface area contributed by atoms with Crippen molar-refractivity contribution in [1.82, 2.24) is 9.88 Å². The summed E-state index contributed by atoms with van der Waals surface area (Å²) < 4.78 is 0. The van der Waals surface area contributed by atoms with Crippen LogP contribution in [0.1, 0.15) is 37.7 Å². The molecule has 0 atom stereocenters. The number of likely N-dealkylation sites (tertiary alicyclic amines) is 1. The SMILES string of the molecule is NC(=NCCCc1c[nH]c2ccccc12)N1CCCCCC1. The van der Waals surface area contributed by atoms with Crippen LogP contribution in [0, 0.1) is 0 Å². The van der Waals surface area contributed by atoms with E-state index >= 15 is 0 Å². The third-order valence-electron chi connectivity index (χ3n) is 4.48. The quantitative estimate of drug-likeness (QED) is 0.517. The molecule has 1 fully saturated rings. The molecule has 118 valence electrons. The number of nitrogens with two attached hydrogens (primary N) is 1. The van der Waals surface area contributed by atoms with Crippen molar-refractivity contribution >= 4 is 16.9 Å². The first-order chi connectivity index (χ1) is 10.8. The van der Waals surface area contributed by atoms with Crippen molar-refractivity contribution < 1.29 is 0 Å². The number of aryl methyl sites for hydroxylation is 1. The number of hydrogen-bond donors (Lipinski definition) is 2. The molecule has 0 unspecified atom stereocenters. The summed E-state index contributed by atoms with van der Waals surface area (Å²) in [5, 5.41) is 1.33. The van der Waals surface area contributed by atoms with Crippen molar-refractivity contribution in [2.75, 3.05) is 19.6 Å². The van der Waals surface area contributed by atoms with E-state index in [1.54, 1.807) is 0 Å². The minimum atomic E-state index is 0.737. The summed E-state index contributed by atoms with van der Waals surface area (Å²) in [6, 6.07) is 8.45. The van der Waals surface area contributed by atoms with Crippen LogP contribution in [-0.4, -0.2) is 35.5 Å². The van der Waals surface area contributed by atoms with E-state index in [4.69, 9.17) is 5.73 Å². The molecule has 1 aromatic heterocycles. The van der Waals surface area contributed by atoms with Gasteiger partial charge in [-0.1, -0.05) is 31.0 Å². The van der Waals surface area contributed by atoms with Gasteiger partial charge in [-0.25, -0.2) is 0 Å². The summed E-state index contributed by atoms with van der Waals surface area (Å²) in [6.45, 7) is 2.94. The van der Waals surface area contributed by atoms with Gasteiger partial charge in [0.25, 0.3) is 0 Å². The summed E-state index contributed by atoms with van der Waals surface area (Å²) in [5.74, 6) is 0.737. The summed E-state index contributed by atoms with van der Waals surface area (Å²) in [7, 11) is 0. The lowest BCUT2D eigenvalue weighted by atomic mass is 10.1. The highest BCUT2D eigenvalue weighted by atomic mass is 15.2. The fourth-order valence-corrected chi connectivity index (χ4v) is 3.20. The van der Waals surface area contributed by atoms with Crippen LogP contribution in [0.25, 0.3) is 10.9 Å². The number of benzene rings is 1. The topological polar surface area (TPSA) is 57.4 Å². The maximum absolute atomic E-state index is 6.14. The third kappa shape index (κ3) is 3.62. The highest BCUT2D eigenvalue weighted by Crippen LogP contribution is 2.18. The third-order valence-corrected chi connectivity index (χ3v) is 4.48. The lowest BCUT2D eigenvalue weighted by Crippen LogP contribution is -2.38. The van der Waals surface area contributed by atoms with E-state index in [9.17, 15) is 0 Å². The van der Waals surface area contributed by atoms with Gasteiger partial charge in [-0.15, -0.1) is 0 Å². The Morgan fingerprint density at radius 3 is 2.73 bits per heavy atom. The van der Waals surface area contributed by atoms with E-state index < -0.39 is 0 Å². The van der Waals surface area contributed by atoms with Crippen molar-refractivity contribution in [1.29, 1.82) is 0 Å². The van der Waals surface area contributed by atoms with E-state index in [2.05, 4.69) is 45.3 Å². The van der Waals surface area contributed by atoms with E-state index in [-0.39, 0.29) is 0 Å². The maximum Gasteiger partial charge on any atom is 0.191 e. The van der Waals surface area contributed by atoms with Gasteiger partial charge in [0.15, 0.2) is 5.96 Å². The number of H-pyrrole nitrogens is 1. The zero-order chi connectivity index (χ0) is 15.2. The molecular formula is C18H26N4. The van der Waals surface area contributed by atoms with Crippen LogP contribution in [0.3, 0.4) is 0 Å². The highest BCUT2D eigenvalue weighted by Gasteiger charge is 2.10. The van der Waals surface area contributed by atoms with Gasteiger partial charge in [0.1, 0.15) is 0 Å². The van der Waals surface area contributed by atoms with Gasteiger partial charge in [-0.2, -0.15) is 0 Å². The van der Waals surface area contributed by atoms with Crippen LogP contribution in [0.5, 0.6) is 0 Å². The first-order valence-electron chi connectivity index (χ1n) is 8.44. The summed E-state index contributed by atoms with van der Waals surface area (Å²) in [4.78, 5) is 10.2. The first kappa shape index (κ1) is 14.9. The van der Waals surface area contributed by atoms with Gasteiger partial charge in [-0.3, -0.25) is 4.99 Å². The van der Waals surface area contributed by atoms with Crippen molar-refractivity contribution in [3.05, 3.63) is 36.0 Å². The van der Waals surface area contributed by atoms with Crippen LogP contribution in [0.2, 0.25) is 0 Å². The molecule has 3 rings (SSSR count). The number of aromatic amines is 1. The summed E-state index contributed by atoms with van der Waals surface area (Å²) in [5.41, 5.74) is 8.72. The Hall–Kier alpha value is -1.97. The number of guanidine groups is 1. The molecule has 1 saturated heterocycles. The average Bonchev–Trinajstić information content (AvgIpc) is 2.77. The number of aliphatic imine (C=N–C) groups is 1. The molecule has 1 aromatic carbocycles. The second-order valence-corrected chi connectivity index (χ2v) is 6.10. The molecule has 2 heterocycles. The number of para-hydroxylation sites is 1. The van der Waals surface area contributed by atoms with E-state index in [0.29, 0.717) is 0 Å². The van der Waals surface area contributed by atoms with Crippen molar-refractivity contribution in [2.45, 2.75) is 38.5 Å². The Kier molecular flexibility index (Phi) is 4.99. The Balaban J connectivity index is 1.51. The van der Waals surface area contributed by atoms with Gasteiger partial charge in [-0.05, 0) is 37.3 Å². The fourth-order valence-electron chi connectivity index (χ4n) is 3.20. The number of nitrogens with one attached hydrogen (secondary N) is 1. The molecule has 2 aromatic rings. The van der Waals surface area contributed by atoms with E-state index in [0.717, 1.165) is 38.4 Å². The smallest absolute Gasteiger partial charge is 0.191 e. The lowest BCUT2D eigenvalue weighted by Gasteiger charge is -2.21. The van der Waals surface area contributed by atoms with Crippen LogP contribution in [0.4, 0.5) is 0 Å². The number of hydrogen-bond acceptors (Lipinski definition) is 1. The molecule has 0 spiro atoms. The standard InChI is InChI=1S/C18H26N4/c19-18(22-12-5-1-2-6-13-22)20-11-7-8-15-14-21-17-10-4-3-9-16(15)17/h3-4,9-10,14,21H,1-2,5-8,11-13H2,(H2,19,20). The molecular weight excluding hydrogens is 272 g/mol. The number of aromatic nitrogens is 1. The molecule has 4 heteroatoms. The minimum Gasteiger partial charge on any atom is -0.370 e. The Morgan fingerprint density at radius 2 is 1.91 bits per heavy atom. The number of fused-ring (bicyclic) bond motifs is 1. The van der Waals surface area contributed by atoms with Gasteiger partial charge in [0.05, 0.1) is 0 Å². The molecule has 0 radical (unpaired) electrons. The van der Waals surface area contributed by atoms with Crippen LogP contribution in [-0.2, 0) is 6.42 Å². The second kappa shape index (κ2) is 7.34. The highest BCUT2D eigenvalue weighted by molar-refractivity contribution is 5.83. The molecule has 22 heavy (non-hydrogen) atoms. The summed E-state index contributed by atoms with van der Waals surface area (Å²) in [6.07, 6.45) is 9.33. The molecule has 0 amide bonds. The zero-order valence-electron chi connectivity index (χ0n) is 13.2. The van der Waals surface area contributed by atoms with E-state index in [1.165, 1.54) is 42.1 Å². The normalized spacial score (nSPS) is 16.9. The molecule has 0 saturated carbocycles.